The van der Waals surface area contributed by atoms with Gasteiger partial charge in [0.1, 0.15) is 0 Å². The number of carbonyl (C=O) groups is 1. The van der Waals surface area contributed by atoms with Gasteiger partial charge in [-0.15, -0.1) is 0 Å². The van der Waals surface area contributed by atoms with Crippen LogP contribution < -0.4 is 5.32 Å². The van der Waals surface area contributed by atoms with E-state index in [0.29, 0.717) is 25.1 Å². The van der Waals surface area contributed by atoms with Crippen molar-refractivity contribution in [2.45, 2.75) is 49.4 Å². The molecule has 0 aliphatic rings. The van der Waals surface area contributed by atoms with Crippen molar-refractivity contribution in [3.05, 3.63) is 89.5 Å². The first-order chi connectivity index (χ1) is 17.8. The molecule has 38 heavy (non-hydrogen) atoms. The number of nitrogens with zero attached hydrogens (tertiary/aromatic N) is 1. The second-order valence-electron chi connectivity index (χ2n) is 9.99. The van der Waals surface area contributed by atoms with E-state index < -0.39 is 29.4 Å². The highest BCUT2D eigenvalue weighted by molar-refractivity contribution is 7.97. The lowest BCUT2D eigenvalue weighted by Crippen LogP contribution is -2.46. The van der Waals surface area contributed by atoms with Gasteiger partial charge >= 0.3 is 12.1 Å². The maximum atomic E-state index is 13.0. The fourth-order valence-corrected chi connectivity index (χ4v) is 5.05. The second-order valence-corrected chi connectivity index (χ2v) is 11.3. The zero-order chi connectivity index (χ0) is 27.9. The first-order valence-electron chi connectivity index (χ1n) is 12.2. The fourth-order valence-electron chi connectivity index (χ4n) is 4.13. The van der Waals surface area contributed by atoms with Crippen LogP contribution in [0.1, 0.15) is 30.5 Å². The van der Waals surface area contributed by atoms with Gasteiger partial charge in [0.15, 0.2) is 0 Å². The largest absolute Gasteiger partial charge is 0.481 e. The number of halogens is 3. The van der Waals surface area contributed by atoms with Crippen LogP contribution in [0.3, 0.4) is 0 Å². The maximum absolute atomic E-state index is 13.0. The Morgan fingerprint density at radius 2 is 1.66 bits per heavy atom. The van der Waals surface area contributed by atoms with Crippen LogP contribution in [0.4, 0.5) is 13.2 Å². The van der Waals surface area contributed by atoms with Gasteiger partial charge in [-0.1, -0.05) is 54.6 Å². The molecule has 0 heterocycles. The van der Waals surface area contributed by atoms with Crippen LogP contribution in [0.15, 0.2) is 77.7 Å². The fraction of sp³-hybridized carbons (Fsp3) is 0.345. The summed E-state index contributed by atoms with van der Waals surface area (Å²) >= 11 is 1.49. The summed E-state index contributed by atoms with van der Waals surface area (Å²) < 4.78 is 41.0. The molecule has 1 atom stereocenters. The minimum atomic E-state index is -4.38. The van der Waals surface area contributed by atoms with E-state index in [9.17, 15) is 23.1 Å². The van der Waals surface area contributed by atoms with E-state index in [1.54, 1.807) is 6.07 Å². The van der Waals surface area contributed by atoms with Crippen LogP contribution in [0.25, 0.3) is 11.1 Å². The van der Waals surface area contributed by atoms with E-state index in [0.717, 1.165) is 27.7 Å². The molecule has 204 valence electrons. The second kappa shape index (κ2) is 12.8. The number of hydrogen-bond donors (Lipinski definition) is 3. The first-order valence-corrected chi connectivity index (χ1v) is 13.0. The van der Waals surface area contributed by atoms with Crippen molar-refractivity contribution >= 4 is 17.9 Å². The molecule has 0 amide bonds. The lowest BCUT2D eigenvalue weighted by molar-refractivity contribution is -0.138. The van der Waals surface area contributed by atoms with Crippen LogP contribution >= 0.6 is 11.9 Å². The molecular weight excluding hydrogens is 513 g/mol. The van der Waals surface area contributed by atoms with Gasteiger partial charge in [-0.05, 0) is 79.7 Å². The summed E-state index contributed by atoms with van der Waals surface area (Å²) in [5, 5.41) is 22.8. The molecule has 5 nitrogen and oxygen atoms in total. The summed E-state index contributed by atoms with van der Waals surface area (Å²) in [5.41, 5.74) is 2.14. The number of alkyl halides is 3. The number of aliphatic carboxylic acids is 1. The molecule has 9 heteroatoms. The molecule has 3 N–H and O–H groups in total. The van der Waals surface area contributed by atoms with Gasteiger partial charge < -0.3 is 15.5 Å². The van der Waals surface area contributed by atoms with Crippen LogP contribution in [-0.2, 0) is 23.8 Å². The quantitative estimate of drug-likeness (QED) is 0.245. The molecule has 0 aliphatic carbocycles. The van der Waals surface area contributed by atoms with E-state index in [1.165, 1.54) is 24.1 Å². The number of benzene rings is 3. The molecule has 0 aliphatic heterocycles. The number of carboxylic acids is 1. The van der Waals surface area contributed by atoms with E-state index >= 15 is 0 Å². The molecule has 3 rings (SSSR count). The topological polar surface area (TPSA) is 72.8 Å². The van der Waals surface area contributed by atoms with Gasteiger partial charge in [-0.25, -0.2) is 4.31 Å². The monoisotopic (exact) mass is 546 g/mol. The van der Waals surface area contributed by atoms with Crippen molar-refractivity contribution < 1.29 is 28.2 Å². The van der Waals surface area contributed by atoms with E-state index in [-0.39, 0.29) is 6.42 Å². The Bertz CT molecular complexity index is 1220. The average Bonchev–Trinajstić information content (AvgIpc) is 2.82. The number of nitrogens with one attached hydrogen (secondary N) is 1. The van der Waals surface area contributed by atoms with Gasteiger partial charge in [0.05, 0.1) is 18.1 Å². The van der Waals surface area contributed by atoms with Gasteiger partial charge in [0.25, 0.3) is 0 Å². The zero-order valence-corrected chi connectivity index (χ0v) is 22.4. The summed E-state index contributed by atoms with van der Waals surface area (Å²) in [7, 11) is 1.88. The number of carboxylic acid groups (broad SMARTS) is 1. The standard InChI is InChI=1S/C29H33F3N2O3S/c1-28(2,17-21-6-4-8-24(14-21)29(30,31)32)33-18-25(35)19-34(3)38-26-9-5-7-23(16-26)22-12-10-20(11-13-22)15-27(36)37/h4-14,16,25,33,35H,15,17-19H2,1-3H3,(H,36,37)/t25-/m1/s1. The molecule has 0 saturated carbocycles. The summed E-state index contributed by atoms with van der Waals surface area (Å²) in [4.78, 5) is 11.9. The van der Waals surface area contributed by atoms with Crippen LogP contribution in [0.5, 0.6) is 0 Å². The number of hydrogen-bond acceptors (Lipinski definition) is 5. The Hall–Kier alpha value is -2.85. The third-order valence-corrected chi connectivity index (χ3v) is 6.85. The number of aliphatic hydroxyl groups is 1. The van der Waals surface area contributed by atoms with Crippen LogP contribution in [0.2, 0.25) is 0 Å². The van der Waals surface area contributed by atoms with Gasteiger partial charge in [-0.3, -0.25) is 4.79 Å². The maximum Gasteiger partial charge on any atom is 0.416 e. The zero-order valence-electron chi connectivity index (χ0n) is 21.6. The number of β-amino-alcohol motifs (C(OH)–C–C–N with tert-alkyl or cyclic N) is 1. The summed E-state index contributed by atoms with van der Waals surface area (Å²) in [6.07, 6.45) is -4.69. The molecule has 0 bridgehead atoms. The van der Waals surface area contributed by atoms with Crippen molar-refractivity contribution in [3.63, 3.8) is 0 Å². The molecule has 0 spiro atoms. The predicted octanol–water partition coefficient (Wildman–Crippen LogP) is 5.91. The Morgan fingerprint density at radius 1 is 0.974 bits per heavy atom. The van der Waals surface area contributed by atoms with Gasteiger partial charge in [0.2, 0.25) is 0 Å². The smallest absolute Gasteiger partial charge is 0.416 e. The number of aliphatic hydroxyl groups excluding tert-OH is 1. The normalized spacial score (nSPS) is 13.1. The minimum absolute atomic E-state index is 0.0133. The number of rotatable bonds is 12. The predicted molar refractivity (Wildman–Crippen MR) is 145 cm³/mol. The molecule has 3 aromatic carbocycles. The van der Waals surface area contributed by atoms with Crippen molar-refractivity contribution in [1.82, 2.24) is 9.62 Å². The van der Waals surface area contributed by atoms with Crippen LogP contribution in [-0.4, -0.2) is 52.3 Å². The number of likely N-dealkylation sites (N-methyl/N-ethyl adjacent to an activating group) is 1. The van der Waals surface area contributed by atoms with Crippen LogP contribution in [0, 0.1) is 0 Å². The third-order valence-electron chi connectivity index (χ3n) is 5.92. The van der Waals surface area contributed by atoms with Crippen molar-refractivity contribution in [1.29, 1.82) is 0 Å². The highest BCUT2D eigenvalue weighted by atomic mass is 32.2. The van der Waals surface area contributed by atoms with Crippen molar-refractivity contribution in [3.8, 4) is 11.1 Å². The highest BCUT2D eigenvalue weighted by Gasteiger charge is 2.31. The Balaban J connectivity index is 1.51. The Kier molecular flexibility index (Phi) is 10.0. The SMILES string of the molecule is CN(C[C@H](O)CNC(C)(C)Cc1cccc(C(F)(F)F)c1)Sc1cccc(-c2ccc(CC(=O)O)cc2)c1. The molecule has 0 aromatic heterocycles. The summed E-state index contributed by atoms with van der Waals surface area (Å²) in [6, 6.07) is 20.7. The Morgan fingerprint density at radius 3 is 2.32 bits per heavy atom. The molecule has 0 radical (unpaired) electrons. The molecule has 0 fully saturated rings. The van der Waals surface area contributed by atoms with E-state index in [4.69, 9.17) is 5.11 Å². The van der Waals surface area contributed by atoms with E-state index in [1.807, 2.05) is 73.7 Å². The molecular formula is C29H33F3N2O3S. The lowest BCUT2D eigenvalue weighted by Gasteiger charge is -2.29. The van der Waals surface area contributed by atoms with Gasteiger partial charge in [-0.2, -0.15) is 13.2 Å². The lowest BCUT2D eigenvalue weighted by atomic mass is 9.93. The van der Waals surface area contributed by atoms with Crippen molar-refractivity contribution in [2.75, 3.05) is 20.1 Å². The Labute approximate surface area is 225 Å². The average molecular weight is 547 g/mol. The summed E-state index contributed by atoms with van der Waals surface area (Å²) in [5.74, 6) is -0.865. The van der Waals surface area contributed by atoms with E-state index in [2.05, 4.69) is 5.32 Å². The molecule has 3 aromatic rings. The van der Waals surface area contributed by atoms with Crippen molar-refractivity contribution in [2.24, 2.45) is 0 Å². The third kappa shape index (κ3) is 9.47. The minimum Gasteiger partial charge on any atom is -0.481 e. The molecule has 0 saturated heterocycles. The molecule has 0 unspecified atom stereocenters. The highest BCUT2D eigenvalue weighted by Crippen LogP contribution is 2.30. The summed E-state index contributed by atoms with van der Waals surface area (Å²) in [6.45, 7) is 4.47. The van der Waals surface area contributed by atoms with Gasteiger partial charge in [0, 0.05) is 23.5 Å². The first kappa shape index (κ1) is 29.7.